The van der Waals surface area contributed by atoms with Crippen molar-refractivity contribution < 1.29 is 9.47 Å². The maximum absolute atomic E-state index is 5.73. The van der Waals surface area contributed by atoms with Crippen molar-refractivity contribution in [3.8, 4) is 0 Å². The van der Waals surface area contributed by atoms with Crippen LogP contribution >= 0.6 is 15.9 Å². The summed E-state index contributed by atoms with van der Waals surface area (Å²) in [5.74, 6) is 0. The van der Waals surface area contributed by atoms with Crippen LogP contribution in [0.2, 0.25) is 0 Å². The van der Waals surface area contributed by atoms with E-state index in [1.807, 2.05) is 24.3 Å². The molecule has 5 heteroatoms. The molecule has 0 saturated heterocycles. The van der Waals surface area contributed by atoms with Crippen LogP contribution in [0.5, 0.6) is 0 Å². The van der Waals surface area contributed by atoms with Crippen LogP contribution < -0.4 is 11.1 Å². The highest BCUT2D eigenvalue weighted by atomic mass is 79.9. The molecule has 0 radical (unpaired) electrons. The van der Waals surface area contributed by atoms with Crippen LogP contribution in [-0.2, 0) is 9.47 Å². The highest BCUT2D eigenvalue weighted by Crippen LogP contribution is 2.17. The maximum atomic E-state index is 5.73. The Kier molecular flexibility index (Phi) is 6.50. The first kappa shape index (κ1) is 14.4. The smallest absolute Gasteiger partial charge is 0.158 e. The van der Waals surface area contributed by atoms with Gasteiger partial charge >= 0.3 is 0 Å². The topological polar surface area (TPSA) is 56.5 Å². The molecular formula is C12H19BrN2O2. The predicted molar refractivity (Wildman–Crippen MR) is 73.0 cm³/mol. The lowest BCUT2D eigenvalue weighted by molar-refractivity contribution is -0.107. The summed E-state index contributed by atoms with van der Waals surface area (Å²) in [6, 6.07) is 8.09. The highest BCUT2D eigenvalue weighted by molar-refractivity contribution is 9.10. The summed E-state index contributed by atoms with van der Waals surface area (Å²) < 4.78 is 11.4. The van der Waals surface area contributed by atoms with Gasteiger partial charge < -0.3 is 20.5 Å². The monoisotopic (exact) mass is 302 g/mol. The largest absolute Gasteiger partial charge is 0.381 e. The summed E-state index contributed by atoms with van der Waals surface area (Å²) in [7, 11) is 3.25. The van der Waals surface area contributed by atoms with E-state index < -0.39 is 0 Å². The lowest BCUT2D eigenvalue weighted by atomic mass is 10.2. The number of ether oxygens (including phenoxy) is 2. The van der Waals surface area contributed by atoms with Crippen molar-refractivity contribution in [1.29, 1.82) is 0 Å². The van der Waals surface area contributed by atoms with Gasteiger partial charge in [-0.05, 0) is 18.2 Å². The Labute approximate surface area is 111 Å². The van der Waals surface area contributed by atoms with Gasteiger partial charge in [-0.2, -0.15) is 0 Å². The minimum atomic E-state index is -0.233. The molecule has 17 heavy (non-hydrogen) atoms. The van der Waals surface area contributed by atoms with Gasteiger partial charge in [0.1, 0.15) is 0 Å². The van der Waals surface area contributed by atoms with E-state index in [4.69, 9.17) is 15.2 Å². The van der Waals surface area contributed by atoms with E-state index in [1.54, 1.807) is 14.2 Å². The lowest BCUT2D eigenvalue weighted by Crippen LogP contribution is -2.34. The average Bonchev–Trinajstić information content (AvgIpc) is 2.34. The highest BCUT2D eigenvalue weighted by Gasteiger charge is 2.14. The van der Waals surface area contributed by atoms with Crippen LogP contribution in [-0.4, -0.2) is 33.1 Å². The number of methoxy groups -OCH3 is 2. The van der Waals surface area contributed by atoms with Gasteiger partial charge in [0.2, 0.25) is 0 Å². The number of hydrogen-bond donors (Lipinski definition) is 2. The molecule has 4 nitrogen and oxygen atoms in total. The second-order valence-corrected chi connectivity index (χ2v) is 4.64. The molecule has 0 bridgehead atoms. The Morgan fingerprint density at radius 1 is 1.35 bits per heavy atom. The van der Waals surface area contributed by atoms with Gasteiger partial charge in [0, 0.05) is 43.4 Å². The molecule has 1 aromatic rings. The normalized spacial score (nSPS) is 12.8. The van der Waals surface area contributed by atoms with Crippen LogP contribution in [0.1, 0.15) is 6.42 Å². The predicted octanol–water partition coefficient (Wildman–Crippen LogP) is 2.20. The van der Waals surface area contributed by atoms with Crippen molar-refractivity contribution in [3.63, 3.8) is 0 Å². The molecule has 0 saturated carbocycles. The van der Waals surface area contributed by atoms with E-state index in [9.17, 15) is 0 Å². The van der Waals surface area contributed by atoms with Crippen molar-refractivity contribution in [3.05, 3.63) is 28.7 Å². The first-order valence-corrected chi connectivity index (χ1v) is 6.26. The third-order valence-electron chi connectivity index (χ3n) is 2.48. The molecular weight excluding hydrogens is 284 g/mol. The molecule has 96 valence electrons. The fourth-order valence-corrected chi connectivity index (χ4v) is 1.95. The second kappa shape index (κ2) is 7.66. The van der Waals surface area contributed by atoms with Crippen molar-refractivity contribution in [2.24, 2.45) is 5.73 Å². The molecule has 0 spiro atoms. The fraction of sp³-hybridized carbons (Fsp3) is 0.500. The standard InChI is InChI=1S/C12H19BrN2O2/c1-16-12(17-2)7-11(8-14)15-10-5-3-4-9(13)6-10/h3-6,11-12,15H,7-8,14H2,1-2H3. The summed E-state index contributed by atoms with van der Waals surface area (Å²) in [6.45, 7) is 0.524. The van der Waals surface area contributed by atoms with Crippen molar-refractivity contribution in [2.75, 3.05) is 26.1 Å². The van der Waals surface area contributed by atoms with Gasteiger partial charge in [-0.3, -0.25) is 0 Å². The molecule has 1 unspecified atom stereocenters. The fourth-order valence-electron chi connectivity index (χ4n) is 1.55. The number of nitrogens with one attached hydrogen (secondary N) is 1. The van der Waals surface area contributed by atoms with E-state index >= 15 is 0 Å². The molecule has 1 atom stereocenters. The third-order valence-corrected chi connectivity index (χ3v) is 2.98. The zero-order valence-electron chi connectivity index (χ0n) is 10.2. The molecule has 0 aromatic heterocycles. The van der Waals surface area contributed by atoms with E-state index in [2.05, 4.69) is 21.2 Å². The molecule has 0 aliphatic heterocycles. The third kappa shape index (κ3) is 5.04. The number of hydrogen-bond acceptors (Lipinski definition) is 4. The Morgan fingerprint density at radius 3 is 2.59 bits per heavy atom. The molecule has 1 rings (SSSR count). The Hall–Kier alpha value is -0.620. The zero-order valence-corrected chi connectivity index (χ0v) is 11.7. The van der Waals surface area contributed by atoms with E-state index in [0.717, 1.165) is 10.2 Å². The number of benzene rings is 1. The molecule has 0 heterocycles. The number of nitrogens with two attached hydrogens (primary N) is 1. The average molecular weight is 303 g/mol. The molecule has 1 aromatic carbocycles. The van der Waals surface area contributed by atoms with Gasteiger partial charge in [0.15, 0.2) is 6.29 Å². The molecule has 3 N–H and O–H groups in total. The summed E-state index contributed by atoms with van der Waals surface area (Å²) >= 11 is 3.43. The molecule has 0 fully saturated rings. The van der Waals surface area contributed by atoms with E-state index in [0.29, 0.717) is 13.0 Å². The molecule has 0 aliphatic rings. The number of anilines is 1. The first-order chi connectivity index (χ1) is 8.19. The van der Waals surface area contributed by atoms with Crippen LogP contribution in [0.4, 0.5) is 5.69 Å². The van der Waals surface area contributed by atoms with Gasteiger partial charge in [-0.1, -0.05) is 22.0 Å². The zero-order chi connectivity index (χ0) is 12.7. The van der Waals surface area contributed by atoms with Crippen LogP contribution in [0, 0.1) is 0 Å². The summed E-state index contributed by atoms with van der Waals surface area (Å²) in [4.78, 5) is 0. The number of halogens is 1. The van der Waals surface area contributed by atoms with Crippen LogP contribution in [0.15, 0.2) is 28.7 Å². The second-order valence-electron chi connectivity index (χ2n) is 3.72. The van der Waals surface area contributed by atoms with Crippen molar-refractivity contribution in [2.45, 2.75) is 18.8 Å². The van der Waals surface area contributed by atoms with Crippen LogP contribution in [0.3, 0.4) is 0 Å². The van der Waals surface area contributed by atoms with Crippen LogP contribution in [0.25, 0.3) is 0 Å². The quantitative estimate of drug-likeness (QED) is 0.758. The number of rotatable bonds is 7. The maximum Gasteiger partial charge on any atom is 0.158 e. The minimum absolute atomic E-state index is 0.120. The Morgan fingerprint density at radius 2 is 2.06 bits per heavy atom. The van der Waals surface area contributed by atoms with E-state index in [-0.39, 0.29) is 12.3 Å². The van der Waals surface area contributed by atoms with Crippen molar-refractivity contribution in [1.82, 2.24) is 0 Å². The SMILES string of the molecule is COC(CC(CN)Nc1cccc(Br)c1)OC. The van der Waals surface area contributed by atoms with Gasteiger partial charge in [0.05, 0.1) is 0 Å². The first-order valence-electron chi connectivity index (χ1n) is 5.47. The van der Waals surface area contributed by atoms with E-state index in [1.165, 1.54) is 0 Å². The lowest BCUT2D eigenvalue weighted by Gasteiger charge is -2.22. The van der Waals surface area contributed by atoms with Gasteiger partial charge in [0.25, 0.3) is 0 Å². The summed E-state index contributed by atoms with van der Waals surface area (Å²) in [5.41, 5.74) is 6.76. The molecule has 0 amide bonds. The Balaban J connectivity index is 2.57. The Bertz CT molecular complexity index is 332. The van der Waals surface area contributed by atoms with Gasteiger partial charge in [-0.15, -0.1) is 0 Å². The minimum Gasteiger partial charge on any atom is -0.381 e. The molecule has 0 aliphatic carbocycles. The van der Waals surface area contributed by atoms with Gasteiger partial charge in [-0.25, -0.2) is 0 Å². The summed E-state index contributed by atoms with van der Waals surface area (Å²) in [5, 5.41) is 3.35. The summed E-state index contributed by atoms with van der Waals surface area (Å²) in [6.07, 6.45) is 0.471. The van der Waals surface area contributed by atoms with Crippen molar-refractivity contribution >= 4 is 21.6 Å².